The van der Waals surface area contributed by atoms with E-state index in [1.807, 2.05) is 30.3 Å². The summed E-state index contributed by atoms with van der Waals surface area (Å²) in [4.78, 5) is 27.0. The number of hydrogen-bond donors (Lipinski definition) is 2. The highest BCUT2D eigenvalue weighted by Crippen LogP contribution is 2.17. The van der Waals surface area contributed by atoms with Crippen molar-refractivity contribution >= 4 is 22.6 Å². The lowest BCUT2D eigenvalue weighted by Gasteiger charge is -2.09. The topological polar surface area (TPSA) is 76.1 Å². The van der Waals surface area contributed by atoms with Crippen molar-refractivity contribution in [2.75, 3.05) is 5.32 Å². The second-order valence-electron chi connectivity index (χ2n) is 6.52. The molecule has 1 aromatic heterocycles. The van der Waals surface area contributed by atoms with Crippen LogP contribution in [-0.2, 0) is 17.9 Å². The van der Waals surface area contributed by atoms with Crippen molar-refractivity contribution in [3.63, 3.8) is 0 Å². The summed E-state index contributed by atoms with van der Waals surface area (Å²) in [7, 11) is 0. The Bertz CT molecular complexity index is 1200. The van der Waals surface area contributed by atoms with Crippen LogP contribution < -0.4 is 15.7 Å². The maximum absolute atomic E-state index is 13.3. The minimum atomic E-state index is -0.467. The van der Waals surface area contributed by atoms with Crippen molar-refractivity contribution in [2.45, 2.75) is 13.2 Å². The van der Waals surface area contributed by atoms with Crippen LogP contribution in [0.5, 0.6) is 5.75 Å². The zero-order valence-corrected chi connectivity index (χ0v) is 15.4. The highest BCUT2D eigenvalue weighted by Gasteiger charge is 2.11. The summed E-state index contributed by atoms with van der Waals surface area (Å²) in [6, 6.07) is 20.7. The normalized spacial score (nSPS) is 10.8. The lowest BCUT2D eigenvalue weighted by Crippen LogP contribution is -2.25. The number of rotatable bonds is 6. The fraction of sp³-hybridized carbons (Fsp3) is 0.0909. The van der Waals surface area contributed by atoms with Crippen molar-refractivity contribution in [3.05, 3.63) is 94.7 Å². The number of fused-ring (bicyclic) bond motifs is 1. The number of hydrogen-bond acceptors (Lipinski definition) is 3. The molecule has 0 spiro atoms. The highest BCUT2D eigenvalue weighted by atomic mass is 19.1. The van der Waals surface area contributed by atoms with Gasteiger partial charge in [-0.15, -0.1) is 0 Å². The van der Waals surface area contributed by atoms with Crippen LogP contribution >= 0.6 is 0 Å². The van der Waals surface area contributed by atoms with Gasteiger partial charge < -0.3 is 15.0 Å². The van der Waals surface area contributed by atoms with Gasteiger partial charge in [-0.2, -0.15) is 0 Å². The van der Waals surface area contributed by atoms with E-state index in [-0.39, 0.29) is 12.5 Å². The molecule has 1 heterocycles. The van der Waals surface area contributed by atoms with Gasteiger partial charge in [-0.3, -0.25) is 9.36 Å². The molecule has 0 aliphatic rings. The van der Waals surface area contributed by atoms with Crippen LogP contribution in [0.4, 0.5) is 10.1 Å². The van der Waals surface area contributed by atoms with Gasteiger partial charge in [0.05, 0.1) is 11.0 Å². The number of aromatic nitrogens is 2. The fourth-order valence-corrected chi connectivity index (χ4v) is 3.01. The smallest absolute Gasteiger partial charge is 0.326 e. The first kappa shape index (κ1) is 18.5. The van der Waals surface area contributed by atoms with Crippen LogP contribution in [-0.4, -0.2) is 15.5 Å². The number of imidazole rings is 1. The lowest BCUT2D eigenvalue weighted by atomic mass is 10.2. The van der Waals surface area contributed by atoms with E-state index in [1.165, 1.54) is 22.8 Å². The Morgan fingerprint density at radius 2 is 1.79 bits per heavy atom. The molecule has 7 heteroatoms. The molecule has 4 aromatic rings. The number of amides is 1. The molecular formula is C22H18FN3O3. The first-order chi connectivity index (χ1) is 14.1. The number of anilines is 1. The van der Waals surface area contributed by atoms with Crippen molar-refractivity contribution in [1.29, 1.82) is 0 Å². The van der Waals surface area contributed by atoms with E-state index in [4.69, 9.17) is 4.74 Å². The van der Waals surface area contributed by atoms with Crippen LogP contribution in [0.25, 0.3) is 11.0 Å². The zero-order chi connectivity index (χ0) is 20.2. The summed E-state index contributed by atoms with van der Waals surface area (Å²) in [6.07, 6.45) is 0. The molecular weight excluding hydrogens is 373 g/mol. The highest BCUT2D eigenvalue weighted by molar-refractivity contribution is 5.91. The monoisotopic (exact) mass is 391 g/mol. The van der Waals surface area contributed by atoms with Crippen molar-refractivity contribution < 1.29 is 13.9 Å². The van der Waals surface area contributed by atoms with Crippen LogP contribution in [0.2, 0.25) is 0 Å². The number of carbonyl (C=O) groups is 1. The molecule has 0 aliphatic heterocycles. The third kappa shape index (κ3) is 4.35. The quantitative estimate of drug-likeness (QED) is 0.526. The molecule has 4 rings (SSSR count). The lowest BCUT2D eigenvalue weighted by molar-refractivity contribution is -0.116. The summed E-state index contributed by atoms with van der Waals surface area (Å²) >= 11 is 0. The number of H-pyrrole nitrogens is 1. The van der Waals surface area contributed by atoms with Crippen molar-refractivity contribution in [3.8, 4) is 5.75 Å². The molecule has 29 heavy (non-hydrogen) atoms. The average Bonchev–Trinajstić information content (AvgIpc) is 3.02. The van der Waals surface area contributed by atoms with Gasteiger partial charge in [0.25, 0.3) is 0 Å². The molecule has 2 N–H and O–H groups in total. The van der Waals surface area contributed by atoms with Gasteiger partial charge in [0, 0.05) is 5.69 Å². The Morgan fingerprint density at radius 1 is 1.03 bits per heavy atom. The fourth-order valence-electron chi connectivity index (χ4n) is 3.01. The largest absolute Gasteiger partial charge is 0.489 e. The molecule has 146 valence electrons. The van der Waals surface area contributed by atoms with E-state index in [9.17, 15) is 14.0 Å². The Kier molecular flexibility index (Phi) is 5.11. The van der Waals surface area contributed by atoms with E-state index >= 15 is 0 Å². The van der Waals surface area contributed by atoms with Gasteiger partial charge in [0.15, 0.2) is 0 Å². The number of halogens is 1. The predicted molar refractivity (Wildman–Crippen MR) is 108 cm³/mol. The maximum Gasteiger partial charge on any atom is 0.326 e. The van der Waals surface area contributed by atoms with E-state index in [0.29, 0.717) is 29.1 Å². The summed E-state index contributed by atoms with van der Waals surface area (Å²) in [5.41, 5.74) is 2.00. The van der Waals surface area contributed by atoms with Crippen molar-refractivity contribution in [1.82, 2.24) is 9.55 Å². The molecule has 0 bridgehead atoms. The molecule has 6 nitrogen and oxygen atoms in total. The SMILES string of the molecule is O=C(Cn1c(=O)[nH]c2cc(F)ccc21)Nc1ccc(OCc2ccccc2)cc1. The van der Waals surface area contributed by atoms with E-state index in [0.717, 1.165) is 5.56 Å². The van der Waals surface area contributed by atoms with Crippen LogP contribution in [0.15, 0.2) is 77.6 Å². The van der Waals surface area contributed by atoms with Crippen molar-refractivity contribution in [2.24, 2.45) is 0 Å². The summed E-state index contributed by atoms with van der Waals surface area (Å²) in [5, 5.41) is 2.74. The van der Waals surface area contributed by atoms with Gasteiger partial charge in [-0.1, -0.05) is 30.3 Å². The molecule has 0 saturated heterocycles. The molecule has 0 atom stereocenters. The second-order valence-corrected chi connectivity index (χ2v) is 6.52. The predicted octanol–water partition coefficient (Wildman–Crippen LogP) is 3.69. The van der Waals surface area contributed by atoms with E-state index in [2.05, 4.69) is 10.3 Å². The second kappa shape index (κ2) is 8.02. The minimum Gasteiger partial charge on any atom is -0.489 e. The third-order valence-electron chi connectivity index (χ3n) is 4.42. The molecule has 3 aromatic carbocycles. The van der Waals surface area contributed by atoms with Crippen LogP contribution in [0.1, 0.15) is 5.56 Å². The number of benzene rings is 3. The Hall–Kier alpha value is -3.87. The molecule has 1 amide bonds. The Balaban J connectivity index is 1.39. The molecule has 0 radical (unpaired) electrons. The third-order valence-corrected chi connectivity index (χ3v) is 4.42. The maximum atomic E-state index is 13.3. The van der Waals surface area contributed by atoms with Gasteiger partial charge >= 0.3 is 5.69 Å². The Morgan fingerprint density at radius 3 is 2.55 bits per heavy atom. The number of nitrogens with zero attached hydrogens (tertiary/aromatic N) is 1. The first-order valence-corrected chi connectivity index (χ1v) is 9.03. The number of aromatic amines is 1. The minimum absolute atomic E-state index is 0.184. The summed E-state index contributed by atoms with van der Waals surface area (Å²) < 4.78 is 20.3. The van der Waals surface area contributed by atoms with Gasteiger partial charge in [0.1, 0.15) is 24.7 Å². The zero-order valence-electron chi connectivity index (χ0n) is 15.4. The standard InChI is InChI=1S/C22H18FN3O3/c23-16-6-11-20-19(12-16)25-22(28)26(20)13-21(27)24-17-7-9-18(10-8-17)29-14-15-4-2-1-3-5-15/h1-12H,13-14H2,(H,24,27)(H,25,28). The first-order valence-electron chi connectivity index (χ1n) is 9.03. The molecule has 0 saturated carbocycles. The summed E-state index contributed by atoms with van der Waals surface area (Å²) in [6.45, 7) is 0.271. The van der Waals surface area contributed by atoms with E-state index < -0.39 is 11.5 Å². The van der Waals surface area contributed by atoms with Gasteiger partial charge in [-0.25, -0.2) is 9.18 Å². The number of ether oxygens (including phenoxy) is 1. The van der Waals surface area contributed by atoms with Gasteiger partial charge in [-0.05, 0) is 48.0 Å². The average molecular weight is 391 g/mol. The molecule has 0 fully saturated rings. The van der Waals surface area contributed by atoms with Crippen LogP contribution in [0.3, 0.4) is 0 Å². The number of carbonyl (C=O) groups excluding carboxylic acids is 1. The van der Waals surface area contributed by atoms with Gasteiger partial charge in [0.2, 0.25) is 5.91 Å². The Labute approximate surface area is 165 Å². The van der Waals surface area contributed by atoms with E-state index in [1.54, 1.807) is 24.3 Å². The molecule has 0 unspecified atom stereocenters. The number of nitrogens with one attached hydrogen (secondary N) is 2. The summed E-state index contributed by atoms with van der Waals surface area (Å²) in [5.74, 6) is -0.137. The molecule has 0 aliphatic carbocycles. The van der Waals surface area contributed by atoms with Crippen LogP contribution in [0, 0.1) is 5.82 Å².